The van der Waals surface area contributed by atoms with Gasteiger partial charge in [0.25, 0.3) is 0 Å². The number of thiocarbonyl (C=S) groups is 1. The van der Waals surface area contributed by atoms with E-state index in [9.17, 15) is 4.79 Å². The smallest absolute Gasteiger partial charge is 0.335 e. The SMILES string of the molecule is Cc1cc(C=NNC(N)=S)c(C)n1-c1cccc(C(=O)O)c1. The first-order chi connectivity index (χ1) is 10.4. The molecule has 0 aliphatic heterocycles. The number of aryl methyl sites for hydroxylation is 1. The van der Waals surface area contributed by atoms with Crippen molar-refractivity contribution in [2.24, 2.45) is 10.8 Å². The standard InChI is InChI=1S/C15H16N4O2S/c1-9-6-12(8-17-18-15(16)22)10(2)19(9)13-5-3-4-11(7-13)14(20)21/h3-8H,1-2H3,(H,20,21)(H3,16,18,22). The van der Waals surface area contributed by atoms with Crippen LogP contribution in [-0.2, 0) is 0 Å². The van der Waals surface area contributed by atoms with Crippen molar-refractivity contribution in [3.63, 3.8) is 0 Å². The summed E-state index contributed by atoms with van der Waals surface area (Å²) in [5.41, 5.74) is 11.6. The summed E-state index contributed by atoms with van der Waals surface area (Å²) in [7, 11) is 0. The Kier molecular flexibility index (Phi) is 4.57. The molecule has 0 fully saturated rings. The molecule has 0 aliphatic rings. The van der Waals surface area contributed by atoms with Crippen LogP contribution in [0.4, 0.5) is 0 Å². The van der Waals surface area contributed by atoms with Crippen molar-refractivity contribution in [3.8, 4) is 5.69 Å². The second-order valence-corrected chi connectivity index (χ2v) is 5.19. The van der Waals surface area contributed by atoms with Gasteiger partial charge >= 0.3 is 5.97 Å². The van der Waals surface area contributed by atoms with E-state index in [1.165, 1.54) is 0 Å². The number of hydrogen-bond donors (Lipinski definition) is 3. The van der Waals surface area contributed by atoms with Gasteiger partial charge in [-0.1, -0.05) is 6.07 Å². The highest BCUT2D eigenvalue weighted by atomic mass is 32.1. The molecule has 0 radical (unpaired) electrons. The van der Waals surface area contributed by atoms with Crippen molar-refractivity contribution < 1.29 is 9.90 Å². The van der Waals surface area contributed by atoms with Gasteiger partial charge in [0, 0.05) is 22.6 Å². The molecule has 0 aliphatic carbocycles. The van der Waals surface area contributed by atoms with E-state index in [1.54, 1.807) is 24.4 Å². The zero-order valence-electron chi connectivity index (χ0n) is 12.2. The maximum atomic E-state index is 11.1. The van der Waals surface area contributed by atoms with Gasteiger partial charge in [-0.2, -0.15) is 5.10 Å². The number of aromatic nitrogens is 1. The third kappa shape index (κ3) is 3.32. The number of nitrogens with one attached hydrogen (secondary N) is 1. The molecule has 6 nitrogen and oxygen atoms in total. The van der Waals surface area contributed by atoms with Gasteiger partial charge < -0.3 is 15.4 Å². The first-order valence-electron chi connectivity index (χ1n) is 6.51. The number of aromatic carboxylic acids is 1. The van der Waals surface area contributed by atoms with Crippen molar-refractivity contribution in [3.05, 3.63) is 52.8 Å². The zero-order valence-corrected chi connectivity index (χ0v) is 13.0. The van der Waals surface area contributed by atoms with Crippen LogP contribution in [0.2, 0.25) is 0 Å². The summed E-state index contributed by atoms with van der Waals surface area (Å²) in [6.07, 6.45) is 1.62. The number of nitrogens with two attached hydrogens (primary N) is 1. The highest BCUT2D eigenvalue weighted by Crippen LogP contribution is 2.20. The fraction of sp³-hybridized carbons (Fsp3) is 0.133. The second kappa shape index (κ2) is 6.40. The molecule has 0 spiro atoms. The highest BCUT2D eigenvalue weighted by molar-refractivity contribution is 7.80. The third-order valence-corrected chi connectivity index (χ3v) is 3.29. The monoisotopic (exact) mass is 316 g/mol. The van der Waals surface area contributed by atoms with Crippen molar-refractivity contribution in [1.82, 2.24) is 9.99 Å². The second-order valence-electron chi connectivity index (χ2n) is 4.75. The van der Waals surface area contributed by atoms with Crippen LogP contribution < -0.4 is 11.2 Å². The molecule has 0 saturated carbocycles. The number of carboxylic acids is 1. The molecule has 2 rings (SSSR count). The van der Waals surface area contributed by atoms with Crippen molar-refractivity contribution in [2.75, 3.05) is 0 Å². The van der Waals surface area contributed by atoms with E-state index < -0.39 is 5.97 Å². The molecule has 2 aromatic rings. The molecule has 1 heterocycles. The van der Waals surface area contributed by atoms with Gasteiger partial charge in [-0.3, -0.25) is 5.43 Å². The van der Waals surface area contributed by atoms with Crippen LogP contribution >= 0.6 is 12.2 Å². The molecule has 0 atom stereocenters. The third-order valence-electron chi connectivity index (χ3n) is 3.20. The number of rotatable bonds is 4. The number of nitrogens with zero attached hydrogens (tertiary/aromatic N) is 2. The average Bonchev–Trinajstić information content (AvgIpc) is 2.73. The van der Waals surface area contributed by atoms with E-state index >= 15 is 0 Å². The molecule has 4 N–H and O–H groups in total. The summed E-state index contributed by atoms with van der Waals surface area (Å²) in [6.45, 7) is 3.88. The molecule has 7 heteroatoms. The van der Waals surface area contributed by atoms with E-state index in [4.69, 9.17) is 10.8 Å². The fourth-order valence-electron chi connectivity index (χ4n) is 2.26. The van der Waals surface area contributed by atoms with Crippen LogP contribution in [-0.4, -0.2) is 27.0 Å². The van der Waals surface area contributed by atoms with Crippen LogP contribution in [0.1, 0.15) is 27.3 Å². The van der Waals surface area contributed by atoms with Gasteiger partial charge in [0.15, 0.2) is 5.11 Å². The molecule has 22 heavy (non-hydrogen) atoms. The van der Waals surface area contributed by atoms with Gasteiger partial charge in [-0.25, -0.2) is 4.79 Å². The minimum Gasteiger partial charge on any atom is -0.478 e. The van der Waals surface area contributed by atoms with E-state index in [0.717, 1.165) is 22.6 Å². The minimum absolute atomic E-state index is 0.0965. The van der Waals surface area contributed by atoms with Crippen LogP contribution in [0.15, 0.2) is 35.4 Å². The molecule has 0 saturated heterocycles. The summed E-state index contributed by atoms with van der Waals surface area (Å²) in [6, 6.07) is 8.74. The topological polar surface area (TPSA) is 92.6 Å². The van der Waals surface area contributed by atoms with Gasteiger partial charge in [0.2, 0.25) is 0 Å². The molecule has 1 aromatic heterocycles. The van der Waals surface area contributed by atoms with Crippen LogP contribution in [0.5, 0.6) is 0 Å². The Balaban J connectivity index is 2.42. The summed E-state index contributed by atoms with van der Waals surface area (Å²) >= 11 is 4.68. The number of carbonyl (C=O) groups is 1. The largest absolute Gasteiger partial charge is 0.478 e. The van der Waals surface area contributed by atoms with E-state index in [1.807, 2.05) is 30.5 Å². The van der Waals surface area contributed by atoms with Crippen LogP contribution in [0.25, 0.3) is 5.69 Å². The quantitative estimate of drug-likeness (QED) is 0.455. The van der Waals surface area contributed by atoms with Crippen molar-refractivity contribution in [1.29, 1.82) is 0 Å². The maximum absolute atomic E-state index is 11.1. The summed E-state index contributed by atoms with van der Waals surface area (Å²) < 4.78 is 1.97. The van der Waals surface area contributed by atoms with Gasteiger partial charge in [-0.15, -0.1) is 0 Å². The Morgan fingerprint density at radius 1 is 1.41 bits per heavy atom. The Bertz CT molecular complexity index is 765. The summed E-state index contributed by atoms with van der Waals surface area (Å²) in [4.78, 5) is 11.1. The van der Waals surface area contributed by atoms with E-state index in [-0.39, 0.29) is 10.7 Å². The Labute approximate surface area is 133 Å². The number of hydrazone groups is 1. The molecular formula is C15H16N4O2S. The maximum Gasteiger partial charge on any atom is 0.335 e. The number of hydrogen-bond acceptors (Lipinski definition) is 3. The van der Waals surface area contributed by atoms with Gasteiger partial charge in [-0.05, 0) is 50.3 Å². The summed E-state index contributed by atoms with van der Waals surface area (Å²) in [5.74, 6) is -0.952. The van der Waals surface area contributed by atoms with Gasteiger partial charge in [0.1, 0.15) is 0 Å². The number of carboxylic acid groups (broad SMARTS) is 1. The summed E-state index contributed by atoms with van der Waals surface area (Å²) in [5, 5.41) is 13.1. The first kappa shape index (κ1) is 15.7. The van der Waals surface area contributed by atoms with Crippen LogP contribution in [0, 0.1) is 13.8 Å². The lowest BCUT2D eigenvalue weighted by atomic mass is 10.2. The predicted molar refractivity (Wildman–Crippen MR) is 89.7 cm³/mol. The molecular weight excluding hydrogens is 300 g/mol. The average molecular weight is 316 g/mol. The zero-order chi connectivity index (χ0) is 16.3. The normalized spacial score (nSPS) is 10.8. The fourth-order valence-corrected chi connectivity index (χ4v) is 2.31. The van der Waals surface area contributed by atoms with Crippen molar-refractivity contribution >= 4 is 29.5 Å². The lowest BCUT2D eigenvalue weighted by molar-refractivity contribution is 0.0697. The van der Waals surface area contributed by atoms with Crippen molar-refractivity contribution in [2.45, 2.75) is 13.8 Å². The van der Waals surface area contributed by atoms with E-state index in [0.29, 0.717) is 0 Å². The van der Waals surface area contributed by atoms with E-state index in [2.05, 4.69) is 22.7 Å². The molecule has 0 bridgehead atoms. The number of benzene rings is 1. The predicted octanol–water partition coefficient (Wildman–Crippen LogP) is 1.96. The minimum atomic E-state index is -0.952. The molecule has 0 unspecified atom stereocenters. The Hall–Kier alpha value is -2.67. The first-order valence-corrected chi connectivity index (χ1v) is 6.92. The van der Waals surface area contributed by atoms with Crippen LogP contribution in [0.3, 0.4) is 0 Å². The molecule has 0 amide bonds. The Morgan fingerprint density at radius 2 is 2.14 bits per heavy atom. The van der Waals surface area contributed by atoms with Gasteiger partial charge in [0.05, 0.1) is 11.8 Å². The lowest BCUT2D eigenvalue weighted by Crippen LogP contribution is -2.24. The Morgan fingerprint density at radius 3 is 2.77 bits per heavy atom. The lowest BCUT2D eigenvalue weighted by Gasteiger charge is -2.10. The molecule has 114 valence electrons. The highest BCUT2D eigenvalue weighted by Gasteiger charge is 2.11. The molecule has 1 aromatic carbocycles.